The predicted octanol–water partition coefficient (Wildman–Crippen LogP) is 1.33. The van der Waals surface area contributed by atoms with Crippen LogP contribution in [0.5, 0.6) is 5.75 Å². The molecule has 0 saturated heterocycles. The van der Waals surface area contributed by atoms with Crippen molar-refractivity contribution in [1.82, 2.24) is 0 Å². The summed E-state index contributed by atoms with van der Waals surface area (Å²) in [5.74, 6) is 0.689. The second kappa shape index (κ2) is 2.96. The third-order valence-corrected chi connectivity index (χ3v) is 2.31. The molecule has 4 heteroatoms. The topological polar surface area (TPSA) is 29.5 Å². The van der Waals surface area contributed by atoms with Gasteiger partial charge in [-0.3, -0.25) is 4.79 Å². The van der Waals surface area contributed by atoms with Crippen molar-refractivity contribution in [2.75, 3.05) is 18.6 Å². The highest BCUT2D eigenvalue weighted by atomic mass is 32.1. The number of carbonyl (C=O) groups is 1. The van der Waals surface area contributed by atoms with E-state index >= 15 is 0 Å². The average molecular weight is 195 g/mol. The van der Waals surface area contributed by atoms with Gasteiger partial charge in [0, 0.05) is 11.9 Å². The van der Waals surface area contributed by atoms with E-state index in [-0.39, 0.29) is 12.5 Å². The first kappa shape index (κ1) is 8.44. The Balaban J connectivity index is 2.49. The molecule has 1 aromatic rings. The average Bonchev–Trinajstić information content (AvgIpc) is 2.12. The van der Waals surface area contributed by atoms with Crippen LogP contribution in [0.25, 0.3) is 0 Å². The molecule has 0 fully saturated rings. The smallest absolute Gasteiger partial charge is 0.264 e. The van der Waals surface area contributed by atoms with Gasteiger partial charge in [0.15, 0.2) is 6.61 Å². The highest BCUT2D eigenvalue weighted by molar-refractivity contribution is 7.80. The highest BCUT2D eigenvalue weighted by Crippen LogP contribution is 2.32. The van der Waals surface area contributed by atoms with E-state index in [0.29, 0.717) is 0 Å². The van der Waals surface area contributed by atoms with Gasteiger partial charge in [-0.05, 0) is 18.2 Å². The molecular formula is C9H9NO2S. The molecule has 0 radical (unpaired) electrons. The molecule has 1 aliphatic rings. The number of amides is 1. The van der Waals surface area contributed by atoms with Gasteiger partial charge in [-0.15, -0.1) is 12.6 Å². The van der Waals surface area contributed by atoms with Crippen LogP contribution in [0.1, 0.15) is 0 Å². The summed E-state index contributed by atoms with van der Waals surface area (Å²) in [6.07, 6.45) is 0. The summed E-state index contributed by atoms with van der Waals surface area (Å²) >= 11 is 4.19. The van der Waals surface area contributed by atoms with Gasteiger partial charge in [-0.2, -0.15) is 0 Å². The molecule has 2 rings (SSSR count). The van der Waals surface area contributed by atoms with Crippen LogP contribution in [0, 0.1) is 0 Å². The fraction of sp³-hybridized carbons (Fsp3) is 0.222. The van der Waals surface area contributed by atoms with Crippen LogP contribution in [0.15, 0.2) is 23.1 Å². The first-order valence-corrected chi connectivity index (χ1v) is 4.35. The largest absolute Gasteiger partial charge is 0.482 e. The van der Waals surface area contributed by atoms with Crippen molar-refractivity contribution in [3.05, 3.63) is 18.2 Å². The van der Waals surface area contributed by atoms with E-state index in [0.717, 1.165) is 16.3 Å². The van der Waals surface area contributed by atoms with Crippen molar-refractivity contribution in [3.63, 3.8) is 0 Å². The molecule has 1 amide bonds. The molecule has 0 atom stereocenters. The maximum atomic E-state index is 11.2. The zero-order valence-electron chi connectivity index (χ0n) is 7.15. The Morgan fingerprint density at radius 3 is 3.08 bits per heavy atom. The van der Waals surface area contributed by atoms with E-state index in [1.807, 2.05) is 12.1 Å². The molecule has 13 heavy (non-hydrogen) atoms. The Bertz CT molecular complexity index is 365. The number of hydrogen-bond donors (Lipinski definition) is 1. The van der Waals surface area contributed by atoms with E-state index in [1.54, 1.807) is 18.0 Å². The van der Waals surface area contributed by atoms with Crippen molar-refractivity contribution < 1.29 is 9.53 Å². The molecule has 1 aromatic carbocycles. The molecule has 0 saturated carbocycles. The summed E-state index contributed by atoms with van der Waals surface area (Å²) < 4.78 is 5.25. The van der Waals surface area contributed by atoms with Crippen molar-refractivity contribution >= 4 is 24.2 Å². The third-order valence-electron chi connectivity index (χ3n) is 2.03. The van der Waals surface area contributed by atoms with Crippen LogP contribution in [0.4, 0.5) is 5.69 Å². The number of nitrogens with zero attached hydrogens (tertiary/aromatic N) is 1. The molecule has 68 valence electrons. The highest BCUT2D eigenvalue weighted by Gasteiger charge is 2.21. The third kappa shape index (κ3) is 1.37. The van der Waals surface area contributed by atoms with Crippen LogP contribution < -0.4 is 9.64 Å². The van der Waals surface area contributed by atoms with E-state index in [4.69, 9.17) is 4.74 Å². The number of anilines is 1. The number of benzene rings is 1. The van der Waals surface area contributed by atoms with Crippen LogP contribution >= 0.6 is 12.6 Å². The minimum Gasteiger partial charge on any atom is -0.482 e. The van der Waals surface area contributed by atoms with Gasteiger partial charge in [0.2, 0.25) is 0 Å². The molecule has 0 aromatic heterocycles. The van der Waals surface area contributed by atoms with Gasteiger partial charge >= 0.3 is 0 Å². The molecular weight excluding hydrogens is 186 g/mol. The Morgan fingerprint density at radius 1 is 1.54 bits per heavy atom. The van der Waals surface area contributed by atoms with Gasteiger partial charge in [0.1, 0.15) is 5.75 Å². The summed E-state index contributed by atoms with van der Waals surface area (Å²) in [6.45, 7) is 0.112. The van der Waals surface area contributed by atoms with Crippen LogP contribution in [0.2, 0.25) is 0 Å². The molecule has 0 unspecified atom stereocenters. The monoisotopic (exact) mass is 195 g/mol. The summed E-state index contributed by atoms with van der Waals surface area (Å²) in [7, 11) is 1.74. The van der Waals surface area contributed by atoms with Gasteiger partial charge in [-0.25, -0.2) is 0 Å². The molecule has 3 nitrogen and oxygen atoms in total. The Hall–Kier alpha value is -1.16. The molecule has 0 N–H and O–H groups in total. The van der Waals surface area contributed by atoms with Crippen molar-refractivity contribution in [2.24, 2.45) is 0 Å². The Kier molecular flexibility index (Phi) is 1.92. The second-order valence-electron chi connectivity index (χ2n) is 2.89. The van der Waals surface area contributed by atoms with E-state index < -0.39 is 0 Å². The summed E-state index contributed by atoms with van der Waals surface area (Å²) in [6, 6.07) is 5.47. The van der Waals surface area contributed by atoms with E-state index in [2.05, 4.69) is 12.6 Å². The van der Waals surface area contributed by atoms with Crippen LogP contribution in [0.3, 0.4) is 0 Å². The molecule has 0 spiro atoms. The lowest BCUT2D eigenvalue weighted by Crippen LogP contribution is -2.35. The minimum atomic E-state index is -0.0283. The first-order chi connectivity index (χ1) is 6.18. The SMILES string of the molecule is CN1C(=O)COc2cc(S)ccc21. The van der Waals surface area contributed by atoms with Gasteiger partial charge < -0.3 is 9.64 Å². The van der Waals surface area contributed by atoms with E-state index in [1.165, 1.54) is 0 Å². The maximum absolute atomic E-state index is 11.2. The summed E-state index contributed by atoms with van der Waals surface area (Å²) in [4.78, 5) is 13.6. The molecule has 0 aliphatic carbocycles. The lowest BCUT2D eigenvalue weighted by molar-refractivity contribution is -0.120. The standard InChI is InChI=1S/C9H9NO2S/c1-10-7-3-2-6(13)4-8(7)12-5-9(10)11/h2-4,13H,5H2,1H3. The van der Waals surface area contributed by atoms with Gasteiger partial charge in [0.25, 0.3) is 5.91 Å². The predicted molar refractivity (Wildman–Crippen MR) is 52.6 cm³/mol. The number of thiol groups is 1. The number of ether oxygens (including phenoxy) is 1. The normalized spacial score (nSPS) is 15.2. The second-order valence-corrected chi connectivity index (χ2v) is 3.41. The number of hydrogen-bond acceptors (Lipinski definition) is 3. The fourth-order valence-corrected chi connectivity index (χ4v) is 1.46. The number of rotatable bonds is 0. The molecule has 0 bridgehead atoms. The Morgan fingerprint density at radius 2 is 2.31 bits per heavy atom. The number of carbonyl (C=O) groups excluding carboxylic acids is 1. The lowest BCUT2D eigenvalue weighted by atomic mass is 10.2. The van der Waals surface area contributed by atoms with Crippen molar-refractivity contribution in [1.29, 1.82) is 0 Å². The zero-order chi connectivity index (χ0) is 9.42. The zero-order valence-corrected chi connectivity index (χ0v) is 8.04. The quantitative estimate of drug-likeness (QED) is 0.633. The Labute approximate surface area is 81.7 Å². The maximum Gasteiger partial charge on any atom is 0.264 e. The number of likely N-dealkylation sites (N-methyl/N-ethyl adjacent to an activating group) is 1. The molecule has 1 aliphatic heterocycles. The van der Waals surface area contributed by atoms with E-state index in [9.17, 15) is 4.79 Å². The van der Waals surface area contributed by atoms with Crippen molar-refractivity contribution in [3.8, 4) is 5.75 Å². The minimum absolute atomic E-state index is 0.0283. The first-order valence-electron chi connectivity index (χ1n) is 3.91. The van der Waals surface area contributed by atoms with Gasteiger partial charge in [-0.1, -0.05) is 0 Å². The molecule has 1 heterocycles. The summed E-state index contributed by atoms with van der Waals surface area (Å²) in [5.41, 5.74) is 0.800. The fourth-order valence-electron chi connectivity index (χ4n) is 1.27. The van der Waals surface area contributed by atoms with Crippen LogP contribution in [-0.4, -0.2) is 19.6 Å². The van der Waals surface area contributed by atoms with Crippen LogP contribution in [-0.2, 0) is 4.79 Å². The lowest BCUT2D eigenvalue weighted by Gasteiger charge is -2.25. The van der Waals surface area contributed by atoms with Crippen molar-refractivity contribution in [2.45, 2.75) is 4.90 Å². The number of fused-ring (bicyclic) bond motifs is 1. The summed E-state index contributed by atoms with van der Waals surface area (Å²) in [5, 5.41) is 0. The van der Waals surface area contributed by atoms with Gasteiger partial charge in [0.05, 0.1) is 5.69 Å².